The van der Waals surface area contributed by atoms with Crippen LogP contribution in [0.2, 0.25) is 0 Å². The smallest absolute Gasteiger partial charge is 0.309 e. The predicted molar refractivity (Wildman–Crippen MR) is 141 cm³/mol. The van der Waals surface area contributed by atoms with Crippen molar-refractivity contribution in [1.29, 1.82) is 0 Å². The van der Waals surface area contributed by atoms with Crippen molar-refractivity contribution in [3.63, 3.8) is 0 Å². The first-order chi connectivity index (χ1) is 17.9. The lowest BCUT2D eigenvalue weighted by Gasteiger charge is -2.57. The number of aromatic nitrogens is 3. The fraction of sp³-hybridized carbons (Fsp3) is 0.742. The maximum Gasteiger partial charge on any atom is 0.309 e. The number of rotatable bonds is 5. The van der Waals surface area contributed by atoms with Crippen molar-refractivity contribution >= 4 is 11.8 Å². The van der Waals surface area contributed by atoms with Crippen LogP contribution in [0.25, 0.3) is 0 Å². The zero-order chi connectivity index (χ0) is 25.6. The summed E-state index contributed by atoms with van der Waals surface area (Å²) in [4.78, 5) is 30.2. The van der Waals surface area contributed by atoms with Gasteiger partial charge in [0.15, 0.2) is 5.78 Å². The maximum absolute atomic E-state index is 13.3. The molecule has 5 aliphatic carbocycles. The number of ether oxygens (including phenoxy) is 1. The minimum absolute atomic E-state index is 0.0357. The molecule has 0 aliphatic heterocycles. The number of Topliss-reactive ketones (excluding diaryl/α,β-unsaturated/α-hetero) is 1. The van der Waals surface area contributed by atoms with Gasteiger partial charge in [-0.15, -0.1) is 0 Å². The van der Waals surface area contributed by atoms with Crippen LogP contribution in [0.1, 0.15) is 97.3 Å². The van der Waals surface area contributed by atoms with E-state index in [4.69, 9.17) is 4.74 Å². The molecule has 3 saturated carbocycles. The largest absolute Gasteiger partial charge is 0.462 e. The van der Waals surface area contributed by atoms with Gasteiger partial charge in [-0.1, -0.05) is 57.3 Å². The highest BCUT2D eigenvalue weighted by molar-refractivity contribution is 5.97. The average molecular weight is 506 g/mol. The number of hydrogen-bond donors (Lipinski definition) is 0. The Hall–Kier alpha value is -2.24. The van der Waals surface area contributed by atoms with Gasteiger partial charge in [-0.05, 0) is 85.5 Å². The molecule has 5 aliphatic rings. The summed E-state index contributed by atoms with van der Waals surface area (Å²) in [6.45, 7) is 5.11. The summed E-state index contributed by atoms with van der Waals surface area (Å²) in [6, 6.07) is 0. The van der Waals surface area contributed by atoms with Crippen LogP contribution in [0.3, 0.4) is 0 Å². The zero-order valence-electron chi connectivity index (χ0n) is 22.7. The Bertz CT molecular complexity index is 1080. The second-order valence-electron chi connectivity index (χ2n) is 13.1. The molecule has 6 nitrogen and oxygen atoms in total. The summed E-state index contributed by atoms with van der Waals surface area (Å²) in [7, 11) is 0. The highest BCUT2D eigenvalue weighted by Crippen LogP contribution is 2.65. The molecule has 6 heteroatoms. The monoisotopic (exact) mass is 505 g/mol. The first kappa shape index (κ1) is 25.1. The van der Waals surface area contributed by atoms with Crippen LogP contribution in [-0.2, 0) is 20.9 Å². The van der Waals surface area contributed by atoms with Crippen LogP contribution in [0, 0.1) is 34.5 Å². The summed E-state index contributed by atoms with van der Waals surface area (Å²) in [5, 5.41) is 4.15. The van der Waals surface area contributed by atoms with Gasteiger partial charge in [0, 0.05) is 6.42 Å². The Kier molecular flexibility index (Phi) is 6.65. The average Bonchev–Trinajstić information content (AvgIpc) is 3.42. The SMILES string of the molecule is C[C@]12CC[C@H](OC(=O)C3CCCCCC3)CC1=CC[C@@H]1[C@@H]2CC[C@]2(C)C(C(=O)Cn3cncn3)=CC[C@@H]12. The molecular formula is C31H43N3O3. The fourth-order valence-corrected chi connectivity index (χ4v) is 9.05. The Labute approximate surface area is 221 Å². The molecule has 37 heavy (non-hydrogen) atoms. The first-order valence-corrected chi connectivity index (χ1v) is 14.8. The van der Waals surface area contributed by atoms with Crippen LogP contribution in [0.4, 0.5) is 0 Å². The van der Waals surface area contributed by atoms with E-state index in [0.29, 0.717) is 17.8 Å². The number of allylic oxidation sites excluding steroid dienone is 3. The van der Waals surface area contributed by atoms with E-state index in [1.54, 1.807) is 11.0 Å². The van der Waals surface area contributed by atoms with Gasteiger partial charge in [0.2, 0.25) is 0 Å². The van der Waals surface area contributed by atoms with E-state index in [0.717, 1.165) is 56.9 Å². The number of fused-ring (bicyclic) bond motifs is 5. The molecule has 0 aromatic carbocycles. The van der Waals surface area contributed by atoms with Gasteiger partial charge in [-0.2, -0.15) is 5.10 Å². The Morgan fingerprint density at radius 2 is 1.76 bits per heavy atom. The summed E-state index contributed by atoms with van der Waals surface area (Å²) in [5.41, 5.74) is 2.73. The Morgan fingerprint density at radius 1 is 0.973 bits per heavy atom. The number of carbonyl (C=O) groups excluding carboxylic acids is 2. The van der Waals surface area contributed by atoms with Gasteiger partial charge in [0.25, 0.3) is 0 Å². The van der Waals surface area contributed by atoms with Crippen LogP contribution in [-0.4, -0.2) is 32.6 Å². The van der Waals surface area contributed by atoms with Gasteiger partial charge in [-0.25, -0.2) is 9.67 Å². The van der Waals surface area contributed by atoms with Gasteiger partial charge in [-0.3, -0.25) is 9.59 Å². The van der Waals surface area contributed by atoms with Crippen molar-refractivity contribution in [2.24, 2.45) is 34.5 Å². The maximum atomic E-state index is 13.3. The van der Waals surface area contributed by atoms with E-state index >= 15 is 0 Å². The summed E-state index contributed by atoms with van der Waals surface area (Å²) in [6.07, 6.45) is 22.2. The number of carbonyl (C=O) groups is 2. The quantitative estimate of drug-likeness (QED) is 0.269. The Morgan fingerprint density at radius 3 is 2.51 bits per heavy atom. The number of hydrogen-bond acceptors (Lipinski definition) is 5. The molecule has 6 rings (SSSR count). The molecule has 0 saturated heterocycles. The van der Waals surface area contributed by atoms with E-state index in [1.807, 2.05) is 0 Å². The van der Waals surface area contributed by atoms with E-state index in [1.165, 1.54) is 44.0 Å². The molecule has 0 N–H and O–H groups in total. The third kappa shape index (κ3) is 4.42. The molecule has 6 atom stereocenters. The Balaban J connectivity index is 1.13. The van der Waals surface area contributed by atoms with E-state index in [2.05, 4.69) is 36.1 Å². The van der Waals surface area contributed by atoms with Gasteiger partial charge < -0.3 is 4.74 Å². The molecule has 0 unspecified atom stereocenters. The highest BCUT2D eigenvalue weighted by atomic mass is 16.5. The molecule has 0 radical (unpaired) electrons. The molecule has 0 spiro atoms. The van der Waals surface area contributed by atoms with Crippen molar-refractivity contribution in [1.82, 2.24) is 14.8 Å². The van der Waals surface area contributed by atoms with Crippen molar-refractivity contribution in [2.45, 2.75) is 110 Å². The first-order valence-electron chi connectivity index (χ1n) is 14.8. The van der Waals surface area contributed by atoms with Crippen LogP contribution < -0.4 is 0 Å². The molecule has 200 valence electrons. The molecule has 0 bridgehead atoms. The lowest BCUT2D eigenvalue weighted by atomic mass is 9.47. The molecule has 0 amide bonds. The topological polar surface area (TPSA) is 74.1 Å². The van der Waals surface area contributed by atoms with Crippen LogP contribution in [0.5, 0.6) is 0 Å². The van der Waals surface area contributed by atoms with E-state index in [-0.39, 0.29) is 41.1 Å². The molecule has 3 fully saturated rings. The van der Waals surface area contributed by atoms with E-state index in [9.17, 15) is 9.59 Å². The second-order valence-corrected chi connectivity index (χ2v) is 13.1. The van der Waals surface area contributed by atoms with Gasteiger partial charge in [0.1, 0.15) is 25.3 Å². The summed E-state index contributed by atoms with van der Waals surface area (Å²) in [5.74, 6) is 2.18. The van der Waals surface area contributed by atoms with E-state index < -0.39 is 0 Å². The van der Waals surface area contributed by atoms with Crippen molar-refractivity contribution in [3.8, 4) is 0 Å². The molecular weight excluding hydrogens is 462 g/mol. The van der Waals surface area contributed by atoms with Crippen LogP contribution in [0.15, 0.2) is 36.0 Å². The zero-order valence-corrected chi connectivity index (χ0v) is 22.7. The van der Waals surface area contributed by atoms with Crippen molar-refractivity contribution in [2.75, 3.05) is 0 Å². The third-order valence-corrected chi connectivity index (χ3v) is 11.2. The number of nitrogens with zero attached hydrogens (tertiary/aromatic N) is 3. The van der Waals surface area contributed by atoms with Crippen LogP contribution >= 0.6 is 0 Å². The minimum atomic E-state index is -0.0357. The molecule has 1 heterocycles. The summed E-state index contributed by atoms with van der Waals surface area (Å²) >= 11 is 0. The molecule has 1 aromatic rings. The number of esters is 1. The number of ketones is 1. The molecule has 1 aromatic heterocycles. The standard InChI is InChI=1S/C31H43N3O3/c1-30-15-13-23(37-29(36)21-7-5-3-4-6-8-21)17-22(30)9-10-24-25-11-12-27(31(25,2)16-14-26(24)30)28(35)18-34-20-32-19-33-34/h9,12,19-21,23-26H,3-8,10-11,13-18H2,1-2H3/t23-,24-,25-,26-,30-,31-/m0/s1. The fourth-order valence-electron chi connectivity index (χ4n) is 9.05. The van der Waals surface area contributed by atoms with Crippen molar-refractivity contribution < 1.29 is 14.3 Å². The lowest BCUT2D eigenvalue weighted by Crippen LogP contribution is -2.50. The third-order valence-electron chi connectivity index (χ3n) is 11.2. The van der Waals surface area contributed by atoms with Gasteiger partial charge >= 0.3 is 5.97 Å². The van der Waals surface area contributed by atoms with Gasteiger partial charge in [0.05, 0.1) is 5.92 Å². The highest BCUT2D eigenvalue weighted by Gasteiger charge is 2.57. The lowest BCUT2D eigenvalue weighted by molar-refractivity contribution is -0.157. The normalized spacial score (nSPS) is 37.9. The minimum Gasteiger partial charge on any atom is -0.462 e. The second kappa shape index (κ2) is 9.81. The summed E-state index contributed by atoms with van der Waals surface area (Å²) < 4.78 is 7.79. The van der Waals surface area contributed by atoms with Crippen molar-refractivity contribution in [3.05, 3.63) is 36.0 Å². The predicted octanol–water partition coefficient (Wildman–Crippen LogP) is 6.23.